The number of carbonyl (C=O) groups excluding carboxylic acids is 3. The van der Waals surface area contributed by atoms with Crippen molar-refractivity contribution in [2.75, 3.05) is 32.1 Å². The third kappa shape index (κ3) is 5.57. The number of anilines is 1. The van der Waals surface area contributed by atoms with Gasteiger partial charge in [-0.3, -0.25) is 9.59 Å². The van der Waals surface area contributed by atoms with Crippen molar-refractivity contribution >= 4 is 23.5 Å². The van der Waals surface area contributed by atoms with Crippen LogP contribution in [-0.2, 0) is 9.53 Å². The van der Waals surface area contributed by atoms with Crippen molar-refractivity contribution in [2.45, 2.75) is 13.8 Å². The summed E-state index contributed by atoms with van der Waals surface area (Å²) in [6, 6.07) is 13.1. The van der Waals surface area contributed by atoms with Crippen molar-refractivity contribution in [1.29, 1.82) is 0 Å². The fourth-order valence-electron chi connectivity index (χ4n) is 2.58. The number of amides is 2. The zero-order chi connectivity index (χ0) is 20.5. The number of hydrogen-bond acceptors (Lipinski definition) is 5. The molecule has 0 spiro atoms. The zero-order valence-corrected chi connectivity index (χ0v) is 16.2. The highest BCUT2D eigenvalue weighted by Crippen LogP contribution is 2.14. The molecule has 2 aromatic rings. The van der Waals surface area contributed by atoms with Crippen molar-refractivity contribution < 1.29 is 23.9 Å². The van der Waals surface area contributed by atoms with E-state index in [9.17, 15) is 14.4 Å². The largest absolute Gasteiger partial charge is 0.497 e. The Morgan fingerprint density at radius 1 is 0.964 bits per heavy atom. The standard InChI is InChI=1S/C21H24N2O5/c1-4-23(5-2)20(25)15-8-6-10-17(12-15)22-19(24)14-28-21(26)16-9-7-11-18(13-16)27-3/h6-13H,4-5,14H2,1-3H3,(H,22,24). The number of rotatable bonds is 8. The molecule has 7 nitrogen and oxygen atoms in total. The first-order valence-electron chi connectivity index (χ1n) is 8.98. The van der Waals surface area contributed by atoms with Gasteiger partial charge in [0.1, 0.15) is 5.75 Å². The van der Waals surface area contributed by atoms with Gasteiger partial charge in [0.2, 0.25) is 0 Å². The number of benzene rings is 2. The first-order chi connectivity index (χ1) is 13.5. The Morgan fingerprint density at radius 3 is 2.32 bits per heavy atom. The Labute approximate surface area is 164 Å². The highest BCUT2D eigenvalue weighted by atomic mass is 16.5. The maximum absolute atomic E-state index is 12.4. The molecule has 0 radical (unpaired) electrons. The Morgan fingerprint density at radius 2 is 1.64 bits per heavy atom. The molecule has 0 saturated carbocycles. The molecule has 0 fully saturated rings. The van der Waals surface area contributed by atoms with Gasteiger partial charge in [0, 0.05) is 24.3 Å². The predicted octanol–water partition coefficient (Wildman–Crippen LogP) is 2.97. The van der Waals surface area contributed by atoms with E-state index < -0.39 is 18.5 Å². The second kappa shape index (κ2) is 10.1. The Hall–Kier alpha value is -3.35. The summed E-state index contributed by atoms with van der Waals surface area (Å²) in [5.74, 6) is -0.706. The molecule has 148 valence electrons. The molecule has 2 rings (SSSR count). The van der Waals surface area contributed by atoms with E-state index in [0.29, 0.717) is 35.7 Å². The minimum Gasteiger partial charge on any atom is -0.497 e. The average Bonchev–Trinajstić information content (AvgIpc) is 2.73. The molecule has 0 atom stereocenters. The predicted molar refractivity (Wildman–Crippen MR) is 106 cm³/mol. The Kier molecular flexibility index (Phi) is 7.56. The number of esters is 1. The first kappa shape index (κ1) is 21.0. The van der Waals surface area contributed by atoms with E-state index in [0.717, 1.165) is 0 Å². The number of methoxy groups -OCH3 is 1. The van der Waals surface area contributed by atoms with E-state index in [1.165, 1.54) is 13.2 Å². The van der Waals surface area contributed by atoms with E-state index in [1.807, 2.05) is 13.8 Å². The lowest BCUT2D eigenvalue weighted by atomic mass is 10.1. The minimum absolute atomic E-state index is 0.106. The zero-order valence-electron chi connectivity index (χ0n) is 16.2. The van der Waals surface area contributed by atoms with Gasteiger partial charge >= 0.3 is 5.97 Å². The van der Waals surface area contributed by atoms with E-state index in [-0.39, 0.29) is 5.91 Å². The van der Waals surface area contributed by atoms with Crippen LogP contribution in [0, 0.1) is 0 Å². The monoisotopic (exact) mass is 384 g/mol. The van der Waals surface area contributed by atoms with Gasteiger partial charge in [-0.25, -0.2) is 4.79 Å². The maximum atomic E-state index is 12.4. The Bertz CT molecular complexity index is 846. The van der Waals surface area contributed by atoms with E-state index in [1.54, 1.807) is 47.4 Å². The van der Waals surface area contributed by atoms with E-state index >= 15 is 0 Å². The van der Waals surface area contributed by atoms with Crippen LogP contribution in [0.25, 0.3) is 0 Å². The fourth-order valence-corrected chi connectivity index (χ4v) is 2.58. The topological polar surface area (TPSA) is 84.9 Å². The van der Waals surface area contributed by atoms with Gasteiger partial charge < -0.3 is 19.7 Å². The smallest absolute Gasteiger partial charge is 0.338 e. The van der Waals surface area contributed by atoms with Crippen LogP contribution in [0.5, 0.6) is 5.75 Å². The van der Waals surface area contributed by atoms with Crippen LogP contribution < -0.4 is 10.1 Å². The molecule has 0 aliphatic rings. The quantitative estimate of drug-likeness (QED) is 0.708. The molecular formula is C21H24N2O5. The summed E-state index contributed by atoms with van der Waals surface area (Å²) >= 11 is 0. The molecule has 0 aliphatic heterocycles. The van der Waals surface area contributed by atoms with Gasteiger partial charge in [-0.15, -0.1) is 0 Å². The highest BCUT2D eigenvalue weighted by molar-refractivity contribution is 5.98. The van der Waals surface area contributed by atoms with Crippen molar-refractivity contribution in [2.24, 2.45) is 0 Å². The second-order valence-corrected chi connectivity index (χ2v) is 5.91. The number of ether oxygens (including phenoxy) is 2. The first-order valence-corrected chi connectivity index (χ1v) is 8.98. The molecule has 0 aliphatic carbocycles. The molecule has 7 heteroatoms. The SMILES string of the molecule is CCN(CC)C(=O)c1cccc(NC(=O)COC(=O)c2cccc(OC)c2)c1. The molecule has 28 heavy (non-hydrogen) atoms. The van der Waals surface area contributed by atoms with E-state index in [4.69, 9.17) is 9.47 Å². The summed E-state index contributed by atoms with van der Waals surface area (Å²) < 4.78 is 10.1. The maximum Gasteiger partial charge on any atom is 0.338 e. The van der Waals surface area contributed by atoms with Gasteiger partial charge in [0.25, 0.3) is 11.8 Å². The van der Waals surface area contributed by atoms with Crippen molar-refractivity contribution in [3.05, 3.63) is 59.7 Å². The number of nitrogens with one attached hydrogen (secondary N) is 1. The number of nitrogens with zero attached hydrogens (tertiary/aromatic N) is 1. The third-order valence-corrected chi connectivity index (χ3v) is 4.08. The summed E-state index contributed by atoms with van der Waals surface area (Å²) in [6.07, 6.45) is 0. The summed E-state index contributed by atoms with van der Waals surface area (Å²) in [4.78, 5) is 38.2. The summed E-state index contributed by atoms with van der Waals surface area (Å²) in [6.45, 7) is 4.58. The van der Waals surface area contributed by atoms with Gasteiger partial charge in [-0.05, 0) is 50.2 Å². The summed E-state index contributed by atoms with van der Waals surface area (Å²) in [5, 5.41) is 2.63. The molecule has 2 aromatic carbocycles. The lowest BCUT2D eigenvalue weighted by molar-refractivity contribution is -0.119. The molecule has 0 bridgehead atoms. The molecule has 0 unspecified atom stereocenters. The normalized spacial score (nSPS) is 10.1. The van der Waals surface area contributed by atoms with Gasteiger partial charge in [-0.1, -0.05) is 12.1 Å². The number of carbonyl (C=O) groups is 3. The molecule has 1 N–H and O–H groups in total. The van der Waals surface area contributed by atoms with Crippen LogP contribution in [0.3, 0.4) is 0 Å². The van der Waals surface area contributed by atoms with E-state index in [2.05, 4.69) is 5.32 Å². The van der Waals surface area contributed by atoms with Crippen LogP contribution in [0.15, 0.2) is 48.5 Å². The lowest BCUT2D eigenvalue weighted by Crippen LogP contribution is -2.30. The van der Waals surface area contributed by atoms with Crippen LogP contribution in [0.1, 0.15) is 34.6 Å². The molecule has 2 amide bonds. The van der Waals surface area contributed by atoms with Crippen molar-refractivity contribution in [1.82, 2.24) is 4.90 Å². The van der Waals surface area contributed by atoms with Gasteiger partial charge in [0.05, 0.1) is 12.7 Å². The van der Waals surface area contributed by atoms with Crippen LogP contribution in [0.2, 0.25) is 0 Å². The third-order valence-electron chi connectivity index (χ3n) is 4.08. The van der Waals surface area contributed by atoms with Crippen LogP contribution in [0.4, 0.5) is 5.69 Å². The lowest BCUT2D eigenvalue weighted by Gasteiger charge is -2.19. The molecule has 0 saturated heterocycles. The number of hydrogen-bond donors (Lipinski definition) is 1. The molecular weight excluding hydrogens is 360 g/mol. The fraction of sp³-hybridized carbons (Fsp3) is 0.286. The molecule has 0 heterocycles. The molecule has 0 aromatic heterocycles. The second-order valence-electron chi connectivity index (χ2n) is 5.91. The van der Waals surface area contributed by atoms with Gasteiger partial charge in [0.15, 0.2) is 6.61 Å². The Balaban J connectivity index is 1.95. The minimum atomic E-state index is -0.625. The van der Waals surface area contributed by atoms with Gasteiger partial charge in [-0.2, -0.15) is 0 Å². The van der Waals surface area contributed by atoms with Crippen LogP contribution >= 0.6 is 0 Å². The summed E-state index contributed by atoms with van der Waals surface area (Å²) in [5.41, 5.74) is 1.23. The summed E-state index contributed by atoms with van der Waals surface area (Å²) in [7, 11) is 1.50. The average molecular weight is 384 g/mol. The highest BCUT2D eigenvalue weighted by Gasteiger charge is 2.14. The van der Waals surface area contributed by atoms with Crippen molar-refractivity contribution in [3.63, 3.8) is 0 Å². The van der Waals surface area contributed by atoms with Crippen molar-refractivity contribution in [3.8, 4) is 5.75 Å². The van der Waals surface area contributed by atoms with Crippen LogP contribution in [-0.4, -0.2) is 49.5 Å².